The van der Waals surface area contributed by atoms with E-state index in [1.54, 1.807) is 6.20 Å². The third kappa shape index (κ3) is 3.62. The lowest BCUT2D eigenvalue weighted by Gasteiger charge is -2.36. The Morgan fingerprint density at radius 2 is 2.17 bits per heavy atom. The zero-order valence-electron chi connectivity index (χ0n) is 13.7. The average Bonchev–Trinajstić information content (AvgIpc) is 2.59. The summed E-state index contributed by atoms with van der Waals surface area (Å²) >= 11 is 0. The van der Waals surface area contributed by atoms with Crippen molar-refractivity contribution < 1.29 is 9.53 Å². The third-order valence-electron chi connectivity index (χ3n) is 4.22. The molecule has 2 heterocycles. The van der Waals surface area contributed by atoms with Gasteiger partial charge in [-0.3, -0.25) is 4.98 Å². The van der Waals surface area contributed by atoms with Crippen LogP contribution in [0.15, 0.2) is 36.5 Å². The van der Waals surface area contributed by atoms with E-state index in [9.17, 15) is 4.79 Å². The van der Waals surface area contributed by atoms with Gasteiger partial charge in [-0.25, -0.2) is 4.79 Å². The van der Waals surface area contributed by atoms with E-state index in [-0.39, 0.29) is 18.2 Å². The molecule has 1 aliphatic heterocycles. The largest absolute Gasteiger partial charge is 0.372 e. The van der Waals surface area contributed by atoms with Crippen molar-refractivity contribution in [2.24, 2.45) is 0 Å². The first-order chi connectivity index (χ1) is 11.2. The molecule has 1 N–H and O–H groups in total. The van der Waals surface area contributed by atoms with Gasteiger partial charge in [0.1, 0.15) is 0 Å². The zero-order chi connectivity index (χ0) is 16.2. The van der Waals surface area contributed by atoms with Crippen molar-refractivity contribution in [3.8, 4) is 0 Å². The number of ether oxygens (including phenoxy) is 1. The Morgan fingerprint density at radius 3 is 3.00 bits per heavy atom. The van der Waals surface area contributed by atoms with Gasteiger partial charge in [0, 0.05) is 31.2 Å². The summed E-state index contributed by atoms with van der Waals surface area (Å²) in [6.07, 6.45) is 2.91. The van der Waals surface area contributed by atoms with E-state index in [1.165, 1.54) is 0 Å². The number of nitrogens with zero attached hydrogens (tertiary/aromatic N) is 2. The predicted molar refractivity (Wildman–Crippen MR) is 90.2 cm³/mol. The molecule has 2 unspecified atom stereocenters. The molecule has 3 rings (SSSR count). The predicted octanol–water partition coefficient (Wildman–Crippen LogP) is 2.94. The van der Waals surface area contributed by atoms with Crippen molar-refractivity contribution in [2.45, 2.75) is 39.0 Å². The van der Waals surface area contributed by atoms with Crippen LogP contribution < -0.4 is 5.32 Å². The normalized spacial score (nSPS) is 21.4. The third-order valence-corrected chi connectivity index (χ3v) is 4.22. The van der Waals surface area contributed by atoms with Crippen molar-refractivity contribution in [1.29, 1.82) is 0 Å². The van der Waals surface area contributed by atoms with Gasteiger partial charge >= 0.3 is 6.03 Å². The molecule has 2 aromatic rings. The Bertz CT molecular complexity index is 684. The summed E-state index contributed by atoms with van der Waals surface area (Å²) in [6.45, 7) is 5.86. The first-order valence-electron chi connectivity index (χ1n) is 8.18. The lowest BCUT2D eigenvalue weighted by Crippen LogP contribution is -2.52. The zero-order valence-corrected chi connectivity index (χ0v) is 13.7. The van der Waals surface area contributed by atoms with Gasteiger partial charge < -0.3 is 15.0 Å². The number of hydrogen-bond donors (Lipinski definition) is 1. The molecule has 0 radical (unpaired) electrons. The summed E-state index contributed by atoms with van der Waals surface area (Å²) in [5, 5.41) is 4.11. The molecular formula is C18H23N3O2. The lowest BCUT2D eigenvalue weighted by atomic mass is 10.1. The van der Waals surface area contributed by atoms with E-state index in [4.69, 9.17) is 4.74 Å². The van der Waals surface area contributed by atoms with Crippen LogP contribution in [0.3, 0.4) is 0 Å². The van der Waals surface area contributed by atoms with Crippen LogP contribution in [0.5, 0.6) is 0 Å². The topological polar surface area (TPSA) is 54.5 Å². The number of urea groups is 1. The van der Waals surface area contributed by atoms with Crippen molar-refractivity contribution >= 4 is 16.9 Å². The number of aromatic nitrogens is 1. The van der Waals surface area contributed by atoms with Gasteiger partial charge in [-0.05, 0) is 25.0 Å². The average molecular weight is 313 g/mol. The molecular weight excluding hydrogens is 290 g/mol. The molecule has 1 saturated heterocycles. The van der Waals surface area contributed by atoms with Gasteiger partial charge in [-0.2, -0.15) is 0 Å². The van der Waals surface area contributed by atoms with E-state index in [0.29, 0.717) is 19.6 Å². The van der Waals surface area contributed by atoms with E-state index in [0.717, 1.165) is 22.9 Å². The number of fused-ring (bicyclic) bond motifs is 1. The van der Waals surface area contributed by atoms with Crippen LogP contribution in [0.2, 0.25) is 0 Å². The second-order valence-corrected chi connectivity index (χ2v) is 6.03. The van der Waals surface area contributed by atoms with Crippen molar-refractivity contribution in [3.63, 3.8) is 0 Å². The number of benzene rings is 1. The van der Waals surface area contributed by atoms with Crippen LogP contribution in [0.1, 0.15) is 25.8 Å². The Labute approximate surface area is 136 Å². The molecule has 1 fully saturated rings. The Balaban J connectivity index is 1.66. The summed E-state index contributed by atoms with van der Waals surface area (Å²) in [7, 11) is 0. The van der Waals surface area contributed by atoms with E-state index in [1.807, 2.05) is 42.2 Å². The summed E-state index contributed by atoms with van der Waals surface area (Å²) in [6, 6.07) is 9.95. The first-order valence-corrected chi connectivity index (χ1v) is 8.18. The monoisotopic (exact) mass is 313 g/mol. The maximum absolute atomic E-state index is 12.5. The van der Waals surface area contributed by atoms with Crippen LogP contribution in [0.4, 0.5) is 4.79 Å². The number of morpholine rings is 1. The molecule has 2 amide bonds. The summed E-state index contributed by atoms with van der Waals surface area (Å²) < 4.78 is 5.80. The number of nitrogens with one attached hydrogen (secondary N) is 1. The van der Waals surface area contributed by atoms with Crippen molar-refractivity contribution in [2.75, 3.05) is 13.1 Å². The first kappa shape index (κ1) is 15.7. The highest BCUT2D eigenvalue weighted by atomic mass is 16.5. The Kier molecular flexibility index (Phi) is 4.76. The second kappa shape index (κ2) is 6.96. The highest BCUT2D eigenvalue weighted by molar-refractivity contribution is 5.82. The van der Waals surface area contributed by atoms with Gasteiger partial charge in [0.25, 0.3) is 0 Å². The number of carbonyl (C=O) groups excluding carboxylic acids is 1. The van der Waals surface area contributed by atoms with Gasteiger partial charge in [-0.15, -0.1) is 0 Å². The maximum Gasteiger partial charge on any atom is 0.317 e. The van der Waals surface area contributed by atoms with Crippen LogP contribution in [-0.2, 0) is 11.3 Å². The van der Waals surface area contributed by atoms with Crippen molar-refractivity contribution in [3.05, 3.63) is 42.1 Å². The number of pyridine rings is 1. The SMILES string of the molecule is CCC1CN(C(=O)NCc2cccc3cccnc23)CC(C)O1. The van der Waals surface area contributed by atoms with Gasteiger partial charge in [0.05, 0.1) is 17.7 Å². The summed E-state index contributed by atoms with van der Waals surface area (Å²) in [5.74, 6) is 0. The molecule has 1 aromatic heterocycles. The standard InChI is InChI=1S/C18H23N3O2/c1-3-16-12-21(11-13(2)23-16)18(22)20-10-15-7-4-6-14-8-5-9-19-17(14)15/h4-9,13,16H,3,10-12H2,1-2H3,(H,20,22). The molecule has 0 aliphatic carbocycles. The van der Waals surface area contributed by atoms with Crippen LogP contribution >= 0.6 is 0 Å². The molecule has 0 bridgehead atoms. The highest BCUT2D eigenvalue weighted by Crippen LogP contribution is 2.17. The summed E-state index contributed by atoms with van der Waals surface area (Å²) in [5.41, 5.74) is 1.97. The molecule has 0 spiro atoms. The fourth-order valence-electron chi connectivity index (χ4n) is 3.03. The lowest BCUT2D eigenvalue weighted by molar-refractivity contribution is -0.0646. The van der Waals surface area contributed by atoms with Crippen LogP contribution in [0, 0.1) is 0 Å². The molecule has 0 saturated carbocycles. The second-order valence-electron chi connectivity index (χ2n) is 6.03. The van der Waals surface area contributed by atoms with Crippen molar-refractivity contribution in [1.82, 2.24) is 15.2 Å². The fraction of sp³-hybridized carbons (Fsp3) is 0.444. The van der Waals surface area contributed by atoms with E-state index >= 15 is 0 Å². The van der Waals surface area contributed by atoms with E-state index < -0.39 is 0 Å². The van der Waals surface area contributed by atoms with Gasteiger partial charge in [0.15, 0.2) is 0 Å². The molecule has 5 nitrogen and oxygen atoms in total. The minimum atomic E-state index is -0.0356. The maximum atomic E-state index is 12.5. The molecule has 23 heavy (non-hydrogen) atoms. The molecule has 122 valence electrons. The number of para-hydroxylation sites is 1. The Morgan fingerprint density at radius 1 is 1.35 bits per heavy atom. The van der Waals surface area contributed by atoms with Crippen LogP contribution in [0.25, 0.3) is 10.9 Å². The smallest absolute Gasteiger partial charge is 0.317 e. The molecule has 1 aliphatic rings. The highest BCUT2D eigenvalue weighted by Gasteiger charge is 2.27. The van der Waals surface area contributed by atoms with Gasteiger partial charge in [-0.1, -0.05) is 31.2 Å². The molecule has 5 heteroatoms. The quantitative estimate of drug-likeness (QED) is 0.948. The summed E-state index contributed by atoms with van der Waals surface area (Å²) in [4.78, 5) is 18.7. The number of rotatable bonds is 3. The fourth-order valence-corrected chi connectivity index (χ4v) is 3.03. The van der Waals surface area contributed by atoms with Gasteiger partial charge in [0.2, 0.25) is 0 Å². The minimum Gasteiger partial charge on any atom is -0.372 e. The van der Waals surface area contributed by atoms with E-state index in [2.05, 4.69) is 17.2 Å². The number of hydrogen-bond acceptors (Lipinski definition) is 3. The minimum absolute atomic E-state index is 0.0356. The molecule has 2 atom stereocenters. The van der Waals surface area contributed by atoms with Crippen LogP contribution in [-0.4, -0.2) is 41.2 Å². The molecule has 1 aromatic carbocycles. The number of carbonyl (C=O) groups is 1. The number of amides is 2. The Hall–Kier alpha value is -2.14.